The van der Waals surface area contributed by atoms with Crippen LogP contribution < -0.4 is 11.1 Å². The highest BCUT2D eigenvalue weighted by Crippen LogP contribution is 2.22. The van der Waals surface area contributed by atoms with E-state index in [-0.39, 0.29) is 0 Å². The van der Waals surface area contributed by atoms with Gasteiger partial charge in [0, 0.05) is 24.5 Å². The summed E-state index contributed by atoms with van der Waals surface area (Å²) in [5.74, 6) is 1.41. The molecular formula is C12H20N4. The van der Waals surface area contributed by atoms with Crippen LogP contribution in [0.5, 0.6) is 0 Å². The smallest absolute Gasteiger partial charge is 0.222 e. The first-order valence-electron chi connectivity index (χ1n) is 6.03. The van der Waals surface area contributed by atoms with Crippen LogP contribution in [0.1, 0.15) is 31.4 Å². The highest BCUT2D eigenvalue weighted by Gasteiger charge is 2.18. The predicted molar refractivity (Wildman–Crippen MR) is 65.2 cm³/mol. The van der Waals surface area contributed by atoms with Crippen molar-refractivity contribution < 1.29 is 0 Å². The van der Waals surface area contributed by atoms with E-state index in [0.29, 0.717) is 12.0 Å². The molecule has 0 saturated heterocycles. The number of hydrogen-bond donors (Lipinski definition) is 2. The topological polar surface area (TPSA) is 63.8 Å². The fourth-order valence-electron chi connectivity index (χ4n) is 2.29. The fourth-order valence-corrected chi connectivity index (χ4v) is 2.29. The maximum atomic E-state index is 5.96. The van der Waals surface area contributed by atoms with Gasteiger partial charge in [-0.3, -0.25) is 0 Å². The molecule has 0 aliphatic heterocycles. The van der Waals surface area contributed by atoms with E-state index >= 15 is 0 Å². The van der Waals surface area contributed by atoms with E-state index < -0.39 is 0 Å². The van der Waals surface area contributed by atoms with Gasteiger partial charge in [-0.2, -0.15) is 0 Å². The van der Waals surface area contributed by atoms with E-state index in [1.165, 1.54) is 19.3 Å². The van der Waals surface area contributed by atoms with Crippen LogP contribution in [-0.4, -0.2) is 22.6 Å². The summed E-state index contributed by atoms with van der Waals surface area (Å²) in [7, 11) is 0. The molecule has 2 atom stereocenters. The van der Waals surface area contributed by atoms with Crippen molar-refractivity contribution in [2.45, 2.75) is 38.6 Å². The number of hydrogen-bond acceptors (Lipinski definition) is 4. The minimum atomic E-state index is 0.388. The first-order valence-corrected chi connectivity index (χ1v) is 6.03. The summed E-state index contributed by atoms with van der Waals surface area (Å²) >= 11 is 0. The number of anilines is 1. The Bertz CT molecular complexity index is 340. The third kappa shape index (κ3) is 3.17. The van der Waals surface area contributed by atoms with Crippen LogP contribution in [0.15, 0.2) is 12.3 Å². The van der Waals surface area contributed by atoms with Gasteiger partial charge in [0.05, 0.1) is 0 Å². The van der Waals surface area contributed by atoms with Gasteiger partial charge in [-0.25, -0.2) is 9.97 Å². The molecular weight excluding hydrogens is 200 g/mol. The van der Waals surface area contributed by atoms with Gasteiger partial charge >= 0.3 is 0 Å². The first kappa shape index (κ1) is 11.3. The van der Waals surface area contributed by atoms with Crippen molar-refractivity contribution in [2.24, 2.45) is 11.7 Å². The van der Waals surface area contributed by atoms with Crippen molar-refractivity contribution in [3.05, 3.63) is 18.0 Å². The van der Waals surface area contributed by atoms with E-state index in [2.05, 4.69) is 15.3 Å². The Hall–Kier alpha value is -1.16. The summed E-state index contributed by atoms with van der Waals surface area (Å²) in [6.45, 7) is 2.92. The molecule has 1 aliphatic rings. The average Bonchev–Trinajstić information content (AvgIpc) is 2.27. The molecule has 0 bridgehead atoms. The van der Waals surface area contributed by atoms with Crippen molar-refractivity contribution in [3.8, 4) is 0 Å². The number of nitrogens with zero attached hydrogens (tertiary/aromatic N) is 2. The highest BCUT2D eigenvalue weighted by atomic mass is 15.1. The number of aryl methyl sites for hydroxylation is 1. The summed E-state index contributed by atoms with van der Waals surface area (Å²) in [6.07, 6.45) is 6.61. The van der Waals surface area contributed by atoms with Crippen molar-refractivity contribution in [2.75, 3.05) is 11.9 Å². The van der Waals surface area contributed by atoms with E-state index in [0.717, 1.165) is 24.6 Å². The Kier molecular flexibility index (Phi) is 3.72. The van der Waals surface area contributed by atoms with Gasteiger partial charge in [0.1, 0.15) is 0 Å². The fraction of sp³-hybridized carbons (Fsp3) is 0.667. The van der Waals surface area contributed by atoms with Crippen molar-refractivity contribution in [1.29, 1.82) is 0 Å². The molecule has 1 aromatic rings. The van der Waals surface area contributed by atoms with Gasteiger partial charge in [0.15, 0.2) is 0 Å². The molecule has 3 N–H and O–H groups in total. The second-order valence-corrected chi connectivity index (χ2v) is 4.70. The summed E-state index contributed by atoms with van der Waals surface area (Å²) in [4.78, 5) is 8.51. The quantitative estimate of drug-likeness (QED) is 0.814. The van der Waals surface area contributed by atoms with Crippen LogP contribution in [0.4, 0.5) is 5.95 Å². The van der Waals surface area contributed by atoms with Gasteiger partial charge in [-0.1, -0.05) is 6.42 Å². The molecule has 2 unspecified atom stereocenters. The van der Waals surface area contributed by atoms with Crippen LogP contribution in [-0.2, 0) is 0 Å². The zero-order chi connectivity index (χ0) is 11.4. The summed E-state index contributed by atoms with van der Waals surface area (Å²) in [5.41, 5.74) is 6.96. The monoisotopic (exact) mass is 220 g/mol. The maximum Gasteiger partial charge on any atom is 0.222 e. The van der Waals surface area contributed by atoms with E-state index in [4.69, 9.17) is 5.73 Å². The molecule has 16 heavy (non-hydrogen) atoms. The van der Waals surface area contributed by atoms with Crippen molar-refractivity contribution in [1.82, 2.24) is 9.97 Å². The maximum absolute atomic E-state index is 5.96. The lowest BCUT2D eigenvalue weighted by atomic mass is 9.86. The third-order valence-electron chi connectivity index (χ3n) is 3.17. The SMILES string of the molecule is Cc1ccnc(NCC2CCCC(N)C2)n1. The second-order valence-electron chi connectivity index (χ2n) is 4.70. The molecule has 0 spiro atoms. The van der Waals surface area contributed by atoms with Gasteiger partial charge in [0.2, 0.25) is 5.95 Å². The number of nitrogens with two attached hydrogens (primary N) is 1. The van der Waals surface area contributed by atoms with E-state index in [1.807, 2.05) is 13.0 Å². The van der Waals surface area contributed by atoms with Crippen LogP contribution in [0.25, 0.3) is 0 Å². The van der Waals surface area contributed by atoms with Gasteiger partial charge in [-0.05, 0) is 38.2 Å². The zero-order valence-corrected chi connectivity index (χ0v) is 9.82. The largest absolute Gasteiger partial charge is 0.354 e. The normalized spacial score (nSPS) is 25.4. The van der Waals surface area contributed by atoms with E-state index in [1.54, 1.807) is 6.20 Å². The van der Waals surface area contributed by atoms with Gasteiger partial charge < -0.3 is 11.1 Å². The number of aromatic nitrogens is 2. The number of nitrogens with one attached hydrogen (secondary N) is 1. The molecule has 1 saturated carbocycles. The molecule has 1 fully saturated rings. The minimum absolute atomic E-state index is 0.388. The lowest BCUT2D eigenvalue weighted by Crippen LogP contribution is -2.31. The Morgan fingerprint density at radius 2 is 2.38 bits per heavy atom. The molecule has 1 heterocycles. The molecule has 1 aromatic heterocycles. The second kappa shape index (κ2) is 5.25. The van der Waals surface area contributed by atoms with Crippen LogP contribution in [0, 0.1) is 12.8 Å². The van der Waals surface area contributed by atoms with Crippen LogP contribution in [0.3, 0.4) is 0 Å². The Balaban J connectivity index is 1.82. The lowest BCUT2D eigenvalue weighted by Gasteiger charge is -2.26. The van der Waals surface area contributed by atoms with Gasteiger partial charge in [0.25, 0.3) is 0 Å². The van der Waals surface area contributed by atoms with Crippen molar-refractivity contribution >= 4 is 5.95 Å². The summed E-state index contributed by atoms with van der Waals surface area (Å²) in [5, 5.41) is 3.30. The molecule has 0 amide bonds. The molecule has 4 nitrogen and oxygen atoms in total. The Labute approximate surface area is 96.7 Å². The molecule has 4 heteroatoms. The molecule has 0 aromatic carbocycles. The Morgan fingerprint density at radius 3 is 3.12 bits per heavy atom. The number of rotatable bonds is 3. The lowest BCUT2D eigenvalue weighted by molar-refractivity contribution is 0.334. The van der Waals surface area contributed by atoms with Crippen LogP contribution in [0.2, 0.25) is 0 Å². The first-order chi connectivity index (χ1) is 7.74. The van der Waals surface area contributed by atoms with Crippen molar-refractivity contribution in [3.63, 3.8) is 0 Å². The molecule has 2 rings (SSSR count). The molecule has 88 valence electrons. The van der Waals surface area contributed by atoms with E-state index in [9.17, 15) is 0 Å². The molecule has 1 aliphatic carbocycles. The van der Waals surface area contributed by atoms with Crippen LogP contribution >= 0.6 is 0 Å². The Morgan fingerprint density at radius 1 is 1.50 bits per heavy atom. The third-order valence-corrected chi connectivity index (χ3v) is 3.17. The zero-order valence-electron chi connectivity index (χ0n) is 9.82. The minimum Gasteiger partial charge on any atom is -0.354 e. The molecule has 0 radical (unpaired) electrons. The summed E-state index contributed by atoms with van der Waals surface area (Å²) < 4.78 is 0. The average molecular weight is 220 g/mol. The summed E-state index contributed by atoms with van der Waals surface area (Å²) in [6, 6.07) is 2.29. The predicted octanol–water partition coefficient (Wildman–Crippen LogP) is 1.71. The van der Waals surface area contributed by atoms with Gasteiger partial charge in [-0.15, -0.1) is 0 Å². The highest BCUT2D eigenvalue weighted by molar-refractivity contribution is 5.24. The standard InChI is InChI=1S/C12H20N4/c1-9-5-6-14-12(16-9)15-8-10-3-2-4-11(13)7-10/h5-6,10-11H,2-4,7-8,13H2,1H3,(H,14,15,16).